The van der Waals surface area contributed by atoms with Gasteiger partial charge >= 0.3 is 0 Å². The van der Waals surface area contributed by atoms with Crippen molar-refractivity contribution in [3.63, 3.8) is 0 Å². The first-order valence-corrected chi connectivity index (χ1v) is 7.38. The van der Waals surface area contributed by atoms with E-state index in [0.29, 0.717) is 22.2 Å². The highest BCUT2D eigenvalue weighted by atomic mass is 35.5. The van der Waals surface area contributed by atoms with Gasteiger partial charge in [0.05, 0.1) is 24.9 Å². The van der Waals surface area contributed by atoms with Crippen molar-refractivity contribution >= 4 is 29.3 Å². The van der Waals surface area contributed by atoms with Crippen LogP contribution in [0.15, 0.2) is 42.5 Å². The van der Waals surface area contributed by atoms with E-state index < -0.39 is 0 Å². The number of benzene rings is 2. The van der Waals surface area contributed by atoms with Crippen LogP contribution in [-0.2, 0) is 4.79 Å². The number of nitrogens with one attached hydrogen (secondary N) is 1. The molecule has 1 N–H and O–H groups in total. The number of carbonyl (C=O) groups excluding carboxylic acids is 1. The van der Waals surface area contributed by atoms with E-state index in [9.17, 15) is 4.79 Å². The van der Waals surface area contributed by atoms with Crippen molar-refractivity contribution in [3.05, 3.63) is 58.6 Å². The van der Waals surface area contributed by atoms with Crippen LogP contribution in [0.2, 0.25) is 5.02 Å². The number of hydrogen-bond acceptors (Lipinski definition) is 3. The monoisotopic (exact) mass is 331 g/mol. The van der Waals surface area contributed by atoms with Gasteiger partial charge in [0.2, 0.25) is 5.91 Å². The quantitative estimate of drug-likeness (QED) is 0.830. The van der Waals surface area contributed by atoms with Crippen molar-refractivity contribution in [3.8, 4) is 11.5 Å². The van der Waals surface area contributed by atoms with Gasteiger partial charge in [-0.1, -0.05) is 23.7 Å². The van der Waals surface area contributed by atoms with E-state index in [0.717, 1.165) is 11.1 Å². The molecule has 4 nitrogen and oxygen atoms in total. The molecule has 0 aliphatic carbocycles. The molecule has 0 radical (unpaired) electrons. The number of anilines is 1. The van der Waals surface area contributed by atoms with E-state index in [1.54, 1.807) is 32.4 Å². The first kappa shape index (κ1) is 16.9. The minimum Gasteiger partial charge on any atom is -0.495 e. The molecule has 0 atom stereocenters. The molecule has 23 heavy (non-hydrogen) atoms. The Morgan fingerprint density at radius 3 is 2.43 bits per heavy atom. The highest BCUT2D eigenvalue weighted by Gasteiger charge is 2.06. The summed E-state index contributed by atoms with van der Waals surface area (Å²) in [4.78, 5) is 12.1. The molecular formula is C18H18ClNO3. The Morgan fingerprint density at radius 2 is 1.78 bits per heavy atom. The molecule has 0 aromatic heterocycles. The van der Waals surface area contributed by atoms with Gasteiger partial charge in [0, 0.05) is 6.08 Å². The topological polar surface area (TPSA) is 47.6 Å². The van der Waals surface area contributed by atoms with Gasteiger partial charge in [-0.3, -0.25) is 4.79 Å². The lowest BCUT2D eigenvalue weighted by atomic mass is 10.2. The highest BCUT2D eigenvalue weighted by Crippen LogP contribution is 2.26. The summed E-state index contributed by atoms with van der Waals surface area (Å²) in [6, 6.07) is 10.9. The third kappa shape index (κ3) is 4.50. The largest absolute Gasteiger partial charge is 0.495 e. The molecule has 0 saturated heterocycles. The van der Waals surface area contributed by atoms with Crippen LogP contribution >= 0.6 is 11.6 Å². The normalized spacial score (nSPS) is 10.6. The Bertz CT molecular complexity index is 741. The lowest BCUT2D eigenvalue weighted by Crippen LogP contribution is -2.09. The van der Waals surface area contributed by atoms with Crippen LogP contribution in [0.4, 0.5) is 5.69 Å². The van der Waals surface area contributed by atoms with E-state index in [1.807, 2.05) is 31.2 Å². The van der Waals surface area contributed by atoms with E-state index in [-0.39, 0.29) is 5.91 Å². The van der Waals surface area contributed by atoms with Crippen LogP contribution in [0.25, 0.3) is 6.08 Å². The third-order valence-corrected chi connectivity index (χ3v) is 3.51. The molecule has 2 aromatic carbocycles. The number of halogens is 1. The molecule has 0 spiro atoms. The Kier molecular flexibility index (Phi) is 5.66. The van der Waals surface area contributed by atoms with Gasteiger partial charge in [0.1, 0.15) is 11.5 Å². The number of rotatable bonds is 5. The van der Waals surface area contributed by atoms with E-state index in [4.69, 9.17) is 21.1 Å². The Balaban J connectivity index is 2.10. The average molecular weight is 332 g/mol. The number of hydrogen-bond donors (Lipinski definition) is 1. The van der Waals surface area contributed by atoms with Crippen LogP contribution in [0.3, 0.4) is 0 Å². The van der Waals surface area contributed by atoms with Gasteiger partial charge in [-0.15, -0.1) is 0 Å². The molecule has 0 unspecified atom stereocenters. The zero-order valence-electron chi connectivity index (χ0n) is 13.2. The lowest BCUT2D eigenvalue weighted by Gasteiger charge is -2.09. The van der Waals surface area contributed by atoms with Gasteiger partial charge in [-0.25, -0.2) is 0 Å². The smallest absolute Gasteiger partial charge is 0.248 e. The second kappa shape index (κ2) is 7.70. The van der Waals surface area contributed by atoms with Crippen LogP contribution < -0.4 is 14.8 Å². The Hall–Kier alpha value is -2.46. The third-order valence-electron chi connectivity index (χ3n) is 3.22. The van der Waals surface area contributed by atoms with Gasteiger partial charge in [-0.2, -0.15) is 0 Å². The molecule has 0 heterocycles. The second-order valence-corrected chi connectivity index (χ2v) is 5.33. The fourth-order valence-electron chi connectivity index (χ4n) is 2.05. The van der Waals surface area contributed by atoms with Gasteiger partial charge in [0.25, 0.3) is 0 Å². The molecule has 0 aliphatic rings. The zero-order chi connectivity index (χ0) is 16.8. The van der Waals surface area contributed by atoms with E-state index in [1.165, 1.54) is 6.08 Å². The highest BCUT2D eigenvalue weighted by molar-refractivity contribution is 6.32. The van der Waals surface area contributed by atoms with E-state index in [2.05, 4.69) is 5.32 Å². The fourth-order valence-corrected chi connectivity index (χ4v) is 2.32. The van der Waals surface area contributed by atoms with Crippen molar-refractivity contribution in [1.29, 1.82) is 0 Å². The molecule has 2 rings (SSSR count). The predicted molar refractivity (Wildman–Crippen MR) is 93.4 cm³/mol. The second-order valence-electron chi connectivity index (χ2n) is 4.92. The Labute approximate surface area is 140 Å². The number of carbonyl (C=O) groups is 1. The van der Waals surface area contributed by atoms with Crippen molar-refractivity contribution in [1.82, 2.24) is 0 Å². The van der Waals surface area contributed by atoms with Gasteiger partial charge < -0.3 is 14.8 Å². The molecular weight excluding hydrogens is 314 g/mol. The lowest BCUT2D eigenvalue weighted by molar-refractivity contribution is -0.111. The zero-order valence-corrected chi connectivity index (χ0v) is 14.0. The SMILES string of the molecule is COc1ccc(/C=C/C(=O)Nc2cc(C)ccc2OC)cc1Cl. The first-order chi connectivity index (χ1) is 11.0. The molecule has 5 heteroatoms. The van der Waals surface area contributed by atoms with Crippen LogP contribution in [0, 0.1) is 6.92 Å². The first-order valence-electron chi connectivity index (χ1n) is 7.00. The number of amides is 1. The van der Waals surface area contributed by atoms with Crippen molar-refractivity contribution in [2.24, 2.45) is 0 Å². The maximum absolute atomic E-state index is 12.1. The van der Waals surface area contributed by atoms with Crippen LogP contribution in [0.1, 0.15) is 11.1 Å². The number of methoxy groups -OCH3 is 2. The standard InChI is InChI=1S/C18H18ClNO3/c1-12-4-7-17(23-3)15(10-12)20-18(21)9-6-13-5-8-16(22-2)14(19)11-13/h4-11H,1-3H3,(H,20,21)/b9-6+. The summed E-state index contributed by atoms with van der Waals surface area (Å²) < 4.78 is 10.3. The molecule has 0 fully saturated rings. The van der Waals surface area contributed by atoms with Crippen molar-refractivity contribution in [2.45, 2.75) is 6.92 Å². The van der Waals surface area contributed by atoms with E-state index >= 15 is 0 Å². The molecule has 120 valence electrons. The molecule has 0 bridgehead atoms. The average Bonchev–Trinajstić information content (AvgIpc) is 2.53. The summed E-state index contributed by atoms with van der Waals surface area (Å²) in [5.74, 6) is 0.962. The summed E-state index contributed by atoms with van der Waals surface area (Å²) in [6.45, 7) is 1.95. The van der Waals surface area contributed by atoms with Crippen molar-refractivity contribution in [2.75, 3.05) is 19.5 Å². The Morgan fingerprint density at radius 1 is 1.09 bits per heavy atom. The minimum absolute atomic E-state index is 0.249. The maximum atomic E-state index is 12.1. The summed E-state index contributed by atoms with van der Waals surface area (Å²) in [5.41, 5.74) is 2.48. The van der Waals surface area contributed by atoms with Gasteiger partial charge in [-0.05, 0) is 48.4 Å². The molecule has 2 aromatic rings. The predicted octanol–water partition coefficient (Wildman–Crippen LogP) is 4.32. The summed E-state index contributed by atoms with van der Waals surface area (Å²) in [6.07, 6.45) is 3.13. The number of aryl methyl sites for hydroxylation is 1. The van der Waals surface area contributed by atoms with Gasteiger partial charge in [0.15, 0.2) is 0 Å². The van der Waals surface area contributed by atoms with Crippen molar-refractivity contribution < 1.29 is 14.3 Å². The minimum atomic E-state index is -0.249. The molecule has 1 amide bonds. The molecule has 0 aliphatic heterocycles. The summed E-state index contributed by atoms with van der Waals surface area (Å²) >= 11 is 6.06. The summed E-state index contributed by atoms with van der Waals surface area (Å²) in [7, 11) is 3.12. The van der Waals surface area contributed by atoms with Crippen LogP contribution in [0.5, 0.6) is 11.5 Å². The number of ether oxygens (including phenoxy) is 2. The molecule has 0 saturated carbocycles. The maximum Gasteiger partial charge on any atom is 0.248 e. The fraction of sp³-hybridized carbons (Fsp3) is 0.167. The summed E-state index contributed by atoms with van der Waals surface area (Å²) in [5, 5.41) is 3.30. The van der Waals surface area contributed by atoms with Crippen LogP contribution in [-0.4, -0.2) is 20.1 Å².